The molecule has 2 N–H and O–H groups in total. The Bertz CT molecular complexity index is 2060. The van der Waals surface area contributed by atoms with E-state index in [1.54, 1.807) is 11.8 Å². The average Bonchev–Trinajstić information content (AvgIpc) is 3.95. The van der Waals surface area contributed by atoms with Gasteiger partial charge in [-0.1, -0.05) is 97.1 Å². The average molecular weight is 688 g/mol. The lowest BCUT2D eigenvalue weighted by Gasteiger charge is -2.37. The van der Waals surface area contributed by atoms with Gasteiger partial charge in [0.05, 0.1) is 18.8 Å². The SMILES string of the molecule is COC[C@H]1CCc2cc3c(c(NC(=O)N=[S@@](=O)(NC(c4ccccc4)(c4ccccc4)c4ccccc4)c4cnn5c4OC[C@@H]5C)c21)CCC3. The molecule has 9 nitrogen and oxygen atoms in total. The van der Waals surface area contributed by atoms with Crippen molar-refractivity contribution >= 4 is 21.6 Å². The number of anilines is 1. The molecule has 3 atom stereocenters. The summed E-state index contributed by atoms with van der Waals surface area (Å²) in [7, 11) is -2.10. The first-order chi connectivity index (χ1) is 24.4. The highest BCUT2D eigenvalue weighted by molar-refractivity contribution is 7.92. The summed E-state index contributed by atoms with van der Waals surface area (Å²) in [6.45, 7) is 2.93. The third-order valence-corrected chi connectivity index (χ3v) is 12.2. The van der Waals surface area contributed by atoms with E-state index >= 15 is 4.21 Å². The molecular formula is C40H41N5O4S. The number of urea groups is 1. The summed E-state index contributed by atoms with van der Waals surface area (Å²) in [6, 6.07) is 31.2. The summed E-state index contributed by atoms with van der Waals surface area (Å²) < 4.78 is 37.6. The zero-order chi connectivity index (χ0) is 34.3. The maximum absolute atomic E-state index is 16.0. The molecule has 0 saturated heterocycles. The number of hydrogen-bond acceptors (Lipinski definition) is 5. The Hall–Kier alpha value is -4.77. The van der Waals surface area contributed by atoms with Gasteiger partial charge in [-0.25, -0.2) is 18.4 Å². The fourth-order valence-corrected chi connectivity index (χ4v) is 9.93. The highest BCUT2D eigenvalue weighted by atomic mass is 32.2. The highest BCUT2D eigenvalue weighted by Crippen LogP contribution is 2.45. The molecule has 5 aromatic rings. The van der Waals surface area contributed by atoms with Crippen LogP contribution in [0.25, 0.3) is 0 Å². The summed E-state index contributed by atoms with van der Waals surface area (Å²) in [6.07, 6.45) is 6.28. The van der Waals surface area contributed by atoms with E-state index in [1.807, 2.05) is 97.9 Å². The van der Waals surface area contributed by atoms with E-state index in [-0.39, 0.29) is 16.9 Å². The van der Waals surface area contributed by atoms with Gasteiger partial charge in [-0.3, -0.25) is 0 Å². The Morgan fingerprint density at radius 2 is 1.60 bits per heavy atom. The minimum atomic E-state index is -3.82. The normalized spacial score (nSPS) is 18.8. The van der Waals surface area contributed by atoms with E-state index in [9.17, 15) is 4.79 Å². The van der Waals surface area contributed by atoms with Gasteiger partial charge in [0, 0.05) is 18.7 Å². The number of methoxy groups -OCH3 is 1. The topological polar surface area (TPSA) is 107 Å². The number of carbonyl (C=O) groups is 1. The first kappa shape index (κ1) is 32.4. The number of benzene rings is 4. The van der Waals surface area contributed by atoms with Crippen LogP contribution in [0.2, 0.25) is 0 Å². The van der Waals surface area contributed by atoms with Gasteiger partial charge in [0.2, 0.25) is 5.88 Å². The van der Waals surface area contributed by atoms with Gasteiger partial charge in [0.15, 0.2) is 9.92 Å². The van der Waals surface area contributed by atoms with E-state index < -0.39 is 21.5 Å². The van der Waals surface area contributed by atoms with Crippen molar-refractivity contribution in [3.05, 3.63) is 142 Å². The van der Waals surface area contributed by atoms with Crippen molar-refractivity contribution in [2.45, 2.75) is 61.4 Å². The number of ether oxygens (including phenoxy) is 2. The van der Waals surface area contributed by atoms with Crippen molar-refractivity contribution in [2.24, 2.45) is 4.36 Å². The van der Waals surface area contributed by atoms with Crippen molar-refractivity contribution in [1.82, 2.24) is 14.5 Å². The molecule has 10 heteroatoms. The zero-order valence-electron chi connectivity index (χ0n) is 28.3. The monoisotopic (exact) mass is 687 g/mol. The summed E-state index contributed by atoms with van der Waals surface area (Å²) in [4.78, 5) is 14.7. The van der Waals surface area contributed by atoms with Crippen molar-refractivity contribution in [1.29, 1.82) is 0 Å². The van der Waals surface area contributed by atoms with Gasteiger partial charge >= 0.3 is 6.03 Å². The largest absolute Gasteiger partial charge is 0.475 e. The van der Waals surface area contributed by atoms with E-state index in [2.05, 4.69) is 25.6 Å². The van der Waals surface area contributed by atoms with Crippen molar-refractivity contribution in [3.8, 4) is 5.88 Å². The first-order valence-corrected chi connectivity index (χ1v) is 18.8. The van der Waals surface area contributed by atoms with Crippen LogP contribution >= 0.6 is 0 Å². The number of aryl methyl sites for hydroxylation is 2. The maximum Gasteiger partial charge on any atom is 0.354 e. The van der Waals surface area contributed by atoms with Gasteiger partial charge in [-0.2, -0.15) is 5.10 Å². The van der Waals surface area contributed by atoms with Gasteiger partial charge in [0.1, 0.15) is 17.0 Å². The summed E-state index contributed by atoms with van der Waals surface area (Å²) in [5.41, 5.74) is 6.88. The molecule has 0 radical (unpaired) electrons. The molecule has 0 spiro atoms. The number of hydrogen-bond donors (Lipinski definition) is 2. The second-order valence-corrected chi connectivity index (χ2v) is 15.3. The van der Waals surface area contributed by atoms with Gasteiger partial charge < -0.3 is 14.8 Å². The Morgan fingerprint density at radius 3 is 2.22 bits per heavy atom. The van der Waals surface area contributed by atoms with E-state index in [0.29, 0.717) is 19.1 Å². The van der Waals surface area contributed by atoms with Crippen LogP contribution in [0.4, 0.5) is 10.5 Å². The lowest BCUT2D eigenvalue weighted by atomic mass is 9.78. The Labute approximate surface area is 293 Å². The number of aromatic nitrogens is 2. The number of amides is 2. The van der Waals surface area contributed by atoms with Crippen LogP contribution in [0.1, 0.15) is 70.7 Å². The summed E-state index contributed by atoms with van der Waals surface area (Å²) >= 11 is 0. The molecule has 2 amide bonds. The Kier molecular flexibility index (Phi) is 8.54. The lowest BCUT2D eigenvalue weighted by Crippen LogP contribution is -2.48. The fraction of sp³-hybridized carbons (Fsp3) is 0.300. The smallest absolute Gasteiger partial charge is 0.354 e. The molecular weight excluding hydrogens is 647 g/mol. The molecule has 0 unspecified atom stereocenters. The molecule has 2 aliphatic carbocycles. The number of nitrogens with zero attached hydrogens (tertiary/aromatic N) is 3. The van der Waals surface area contributed by atoms with Crippen LogP contribution in [0.15, 0.2) is 113 Å². The summed E-state index contributed by atoms with van der Waals surface area (Å²) in [5.74, 6) is 0.505. The molecule has 2 heterocycles. The third-order valence-electron chi connectivity index (χ3n) is 10.3. The molecule has 0 saturated carbocycles. The van der Waals surface area contributed by atoms with E-state index in [1.165, 1.54) is 17.3 Å². The number of carbonyl (C=O) groups excluding carboxylic acids is 1. The summed E-state index contributed by atoms with van der Waals surface area (Å²) in [5, 5.41) is 7.76. The quantitative estimate of drug-likeness (QED) is 0.156. The van der Waals surface area contributed by atoms with Gasteiger partial charge in [-0.05, 0) is 78.0 Å². The minimum Gasteiger partial charge on any atom is -0.475 e. The fourth-order valence-electron chi connectivity index (χ4n) is 8.05. The lowest BCUT2D eigenvalue weighted by molar-refractivity contribution is 0.179. The van der Waals surface area contributed by atoms with Gasteiger partial charge in [0.25, 0.3) is 0 Å². The number of nitrogens with one attached hydrogen (secondary N) is 2. The van der Waals surface area contributed by atoms with Crippen LogP contribution in [-0.2, 0) is 39.5 Å². The van der Waals surface area contributed by atoms with E-state index in [4.69, 9.17) is 9.47 Å². The molecule has 4 aromatic carbocycles. The predicted molar refractivity (Wildman–Crippen MR) is 194 cm³/mol. The Balaban J connectivity index is 1.33. The predicted octanol–water partition coefficient (Wildman–Crippen LogP) is 7.56. The standard InChI is InChI=1S/C40H41N5O4S/c1-27-25-49-38-35(24-41-45(27)38)50(47,43-39(46)42-37-34-20-12-13-28(34)23-29-21-22-30(26-48-2)36(29)37)44-40(31-14-6-3-7-15-31,32-16-8-4-9-17-32)33-18-10-5-11-19-33/h3-11,14-19,23-24,27,30H,12-13,20-22,25-26H2,1-2H3,(H2,42,43,44,46,47)/t27-,30+,50+/m0/s1. The number of fused-ring (bicyclic) bond motifs is 3. The van der Waals surface area contributed by atoms with Crippen LogP contribution < -0.4 is 14.8 Å². The number of rotatable bonds is 9. The highest BCUT2D eigenvalue weighted by Gasteiger charge is 2.43. The van der Waals surface area contributed by atoms with Crippen LogP contribution in [-0.4, -0.2) is 40.3 Å². The van der Waals surface area contributed by atoms with Crippen LogP contribution in [0.3, 0.4) is 0 Å². The van der Waals surface area contributed by atoms with Crippen LogP contribution in [0, 0.1) is 0 Å². The first-order valence-electron chi connectivity index (χ1n) is 17.3. The van der Waals surface area contributed by atoms with Crippen molar-refractivity contribution in [3.63, 3.8) is 0 Å². The molecule has 1 aliphatic heterocycles. The van der Waals surface area contributed by atoms with E-state index in [0.717, 1.165) is 65.6 Å². The minimum absolute atomic E-state index is 0.0643. The van der Waals surface area contributed by atoms with Gasteiger partial charge in [-0.15, -0.1) is 4.36 Å². The molecule has 1 aromatic heterocycles. The maximum atomic E-state index is 16.0. The second-order valence-electron chi connectivity index (χ2n) is 13.4. The molecule has 3 aliphatic rings. The molecule has 8 rings (SSSR count). The van der Waals surface area contributed by atoms with Crippen molar-refractivity contribution in [2.75, 3.05) is 25.6 Å². The van der Waals surface area contributed by atoms with Crippen molar-refractivity contribution < 1.29 is 18.5 Å². The Morgan fingerprint density at radius 1 is 0.960 bits per heavy atom. The molecule has 50 heavy (non-hydrogen) atoms. The second kappa shape index (κ2) is 13.2. The molecule has 256 valence electrons. The van der Waals surface area contributed by atoms with Crippen LogP contribution in [0.5, 0.6) is 5.88 Å². The zero-order valence-corrected chi connectivity index (χ0v) is 29.1. The third kappa shape index (κ3) is 5.52. The molecule has 0 bridgehead atoms. The molecule has 0 fully saturated rings.